The molecule has 0 bridgehead atoms. The number of hydrogen-bond acceptors (Lipinski definition) is 4. The van der Waals surface area contributed by atoms with Crippen molar-refractivity contribution in [3.8, 4) is 0 Å². The number of aliphatic hydroxyl groups excluding tert-OH is 1. The average Bonchev–Trinajstić information content (AvgIpc) is 2.61. The number of carbonyl (C=O) groups excluding carboxylic acids is 1. The van der Waals surface area contributed by atoms with Crippen molar-refractivity contribution in [1.29, 1.82) is 0 Å². The summed E-state index contributed by atoms with van der Waals surface area (Å²) in [4.78, 5) is 13.8. The lowest BCUT2D eigenvalue weighted by Crippen LogP contribution is -2.45. The Morgan fingerprint density at radius 1 is 1.73 bits per heavy atom. The molecular weight excluding hydrogens is 212 g/mol. The highest BCUT2D eigenvalue weighted by Gasteiger charge is 2.35. The molecule has 0 aromatic carbocycles. The molecule has 0 saturated carbocycles. The monoisotopic (exact) mass is 232 g/mol. The number of hydrogen-bond donors (Lipinski definition) is 2. The molecule has 15 heavy (non-hydrogen) atoms. The van der Waals surface area contributed by atoms with Gasteiger partial charge in [-0.05, 0) is 26.6 Å². The molecule has 4 nitrogen and oxygen atoms in total. The van der Waals surface area contributed by atoms with Gasteiger partial charge in [0.05, 0.1) is 12.6 Å². The molecule has 1 heterocycles. The van der Waals surface area contributed by atoms with Gasteiger partial charge in [-0.2, -0.15) is 11.8 Å². The highest BCUT2D eigenvalue weighted by molar-refractivity contribution is 7.99. The molecule has 2 N–H and O–H groups in total. The van der Waals surface area contributed by atoms with Crippen molar-refractivity contribution < 1.29 is 9.90 Å². The van der Waals surface area contributed by atoms with Gasteiger partial charge in [-0.1, -0.05) is 0 Å². The minimum Gasteiger partial charge on any atom is -0.395 e. The van der Waals surface area contributed by atoms with Crippen LogP contribution in [0.2, 0.25) is 0 Å². The molecule has 1 saturated heterocycles. The number of aliphatic hydroxyl groups is 1. The van der Waals surface area contributed by atoms with E-state index in [0.717, 1.165) is 13.0 Å². The van der Waals surface area contributed by atoms with Crippen LogP contribution in [0.1, 0.15) is 13.3 Å². The van der Waals surface area contributed by atoms with E-state index in [-0.39, 0.29) is 29.8 Å². The maximum atomic E-state index is 11.9. The number of thioether (sulfide) groups is 1. The summed E-state index contributed by atoms with van der Waals surface area (Å²) < 4.78 is 0. The van der Waals surface area contributed by atoms with Gasteiger partial charge in [-0.15, -0.1) is 0 Å². The fourth-order valence-corrected chi connectivity index (χ4v) is 2.69. The van der Waals surface area contributed by atoms with Crippen molar-refractivity contribution in [3.63, 3.8) is 0 Å². The van der Waals surface area contributed by atoms with Crippen LogP contribution in [0.3, 0.4) is 0 Å². The molecular formula is C10H20N2O2S. The number of nitrogens with one attached hydrogen (secondary N) is 1. The highest BCUT2D eigenvalue weighted by atomic mass is 32.2. The number of likely N-dealkylation sites (tertiary alicyclic amines) is 1. The van der Waals surface area contributed by atoms with Crippen molar-refractivity contribution in [2.45, 2.75) is 30.7 Å². The summed E-state index contributed by atoms with van der Waals surface area (Å²) in [6.45, 7) is 2.92. The van der Waals surface area contributed by atoms with E-state index in [2.05, 4.69) is 5.32 Å². The van der Waals surface area contributed by atoms with E-state index in [9.17, 15) is 9.90 Å². The Kier molecular flexibility index (Phi) is 4.89. The molecule has 1 amide bonds. The van der Waals surface area contributed by atoms with Crippen molar-refractivity contribution in [2.75, 3.05) is 26.5 Å². The van der Waals surface area contributed by atoms with Crippen LogP contribution >= 0.6 is 11.8 Å². The van der Waals surface area contributed by atoms with Crippen LogP contribution in [0.5, 0.6) is 0 Å². The zero-order chi connectivity index (χ0) is 11.4. The second-order valence-electron chi connectivity index (χ2n) is 3.86. The second kappa shape index (κ2) is 5.72. The van der Waals surface area contributed by atoms with Gasteiger partial charge in [0.1, 0.15) is 0 Å². The first-order valence-corrected chi connectivity index (χ1v) is 6.55. The first kappa shape index (κ1) is 12.8. The summed E-state index contributed by atoms with van der Waals surface area (Å²) >= 11 is 1.61. The summed E-state index contributed by atoms with van der Waals surface area (Å²) in [7, 11) is 1.81. The maximum absolute atomic E-state index is 11.9. The zero-order valence-electron chi connectivity index (χ0n) is 9.56. The molecule has 0 spiro atoms. The van der Waals surface area contributed by atoms with Gasteiger partial charge >= 0.3 is 0 Å². The topological polar surface area (TPSA) is 52.6 Å². The van der Waals surface area contributed by atoms with E-state index >= 15 is 0 Å². The average molecular weight is 232 g/mol. The predicted octanol–water partition coefficient (Wildman–Crippen LogP) is -0.0809. The van der Waals surface area contributed by atoms with Gasteiger partial charge in [0.15, 0.2) is 0 Å². The third-order valence-corrected chi connectivity index (χ3v) is 4.25. The summed E-state index contributed by atoms with van der Waals surface area (Å²) in [6, 6.07) is 0.0736. The van der Waals surface area contributed by atoms with Crippen molar-refractivity contribution in [2.24, 2.45) is 0 Å². The molecule has 1 aliphatic heterocycles. The molecule has 1 rings (SSSR count). The van der Waals surface area contributed by atoms with Crippen LogP contribution in [0.15, 0.2) is 0 Å². The van der Waals surface area contributed by atoms with Crippen LogP contribution in [0.4, 0.5) is 0 Å². The number of rotatable bonds is 5. The Morgan fingerprint density at radius 3 is 2.80 bits per heavy atom. The Bertz CT molecular complexity index is 221. The SMILES string of the molecule is CNC1CCN(C(C)C(CO)SC)C1=O. The third kappa shape index (κ3) is 2.65. The van der Waals surface area contributed by atoms with E-state index in [0.29, 0.717) is 0 Å². The Hall–Kier alpha value is -0.260. The standard InChI is InChI=1S/C10H20N2O2S/c1-7(9(6-13)15-3)12-5-4-8(11-2)10(12)14/h7-9,11,13H,4-6H2,1-3H3. The zero-order valence-corrected chi connectivity index (χ0v) is 10.4. The summed E-state index contributed by atoms with van der Waals surface area (Å²) in [6.07, 6.45) is 2.83. The van der Waals surface area contributed by atoms with Gasteiger partial charge in [0.2, 0.25) is 5.91 Å². The molecule has 3 atom stereocenters. The quantitative estimate of drug-likeness (QED) is 0.696. The molecule has 3 unspecified atom stereocenters. The van der Waals surface area contributed by atoms with Gasteiger partial charge < -0.3 is 15.3 Å². The van der Waals surface area contributed by atoms with E-state index < -0.39 is 0 Å². The van der Waals surface area contributed by atoms with Crippen LogP contribution < -0.4 is 5.32 Å². The lowest BCUT2D eigenvalue weighted by Gasteiger charge is -2.30. The number of likely N-dealkylation sites (N-methyl/N-ethyl adjacent to an activating group) is 1. The van der Waals surface area contributed by atoms with Gasteiger partial charge in [0, 0.05) is 17.8 Å². The van der Waals surface area contributed by atoms with E-state index in [4.69, 9.17) is 0 Å². The molecule has 0 aromatic heterocycles. The first-order chi connectivity index (χ1) is 7.15. The van der Waals surface area contributed by atoms with Crippen molar-refractivity contribution in [3.05, 3.63) is 0 Å². The lowest BCUT2D eigenvalue weighted by molar-refractivity contribution is -0.131. The molecule has 0 aromatic rings. The molecule has 1 fully saturated rings. The smallest absolute Gasteiger partial charge is 0.240 e. The molecule has 5 heteroatoms. The molecule has 88 valence electrons. The van der Waals surface area contributed by atoms with Gasteiger partial charge in [-0.3, -0.25) is 4.79 Å². The van der Waals surface area contributed by atoms with Crippen LogP contribution in [-0.4, -0.2) is 59.7 Å². The molecule has 0 radical (unpaired) electrons. The number of carbonyl (C=O) groups is 1. The Balaban J connectivity index is 2.61. The normalized spacial score (nSPS) is 25.7. The lowest BCUT2D eigenvalue weighted by atomic mass is 10.2. The Labute approximate surface area is 95.4 Å². The number of amides is 1. The van der Waals surface area contributed by atoms with Gasteiger partial charge in [0.25, 0.3) is 0 Å². The van der Waals surface area contributed by atoms with E-state index in [1.807, 2.05) is 25.1 Å². The van der Waals surface area contributed by atoms with Gasteiger partial charge in [-0.25, -0.2) is 0 Å². The predicted molar refractivity (Wildman–Crippen MR) is 63.0 cm³/mol. The largest absolute Gasteiger partial charge is 0.395 e. The van der Waals surface area contributed by atoms with Crippen LogP contribution in [-0.2, 0) is 4.79 Å². The minimum absolute atomic E-state index is 0.0337. The molecule has 0 aliphatic carbocycles. The third-order valence-electron chi connectivity index (χ3n) is 3.10. The fraction of sp³-hybridized carbons (Fsp3) is 0.900. The molecule has 1 aliphatic rings. The van der Waals surface area contributed by atoms with Crippen LogP contribution in [0.25, 0.3) is 0 Å². The summed E-state index contributed by atoms with van der Waals surface area (Å²) in [5.41, 5.74) is 0. The summed E-state index contributed by atoms with van der Waals surface area (Å²) in [5, 5.41) is 12.3. The summed E-state index contributed by atoms with van der Waals surface area (Å²) in [5.74, 6) is 0.164. The van der Waals surface area contributed by atoms with Crippen LogP contribution in [0, 0.1) is 0 Å². The minimum atomic E-state index is -0.0337. The van der Waals surface area contributed by atoms with Crippen molar-refractivity contribution >= 4 is 17.7 Å². The number of nitrogens with zero attached hydrogens (tertiary/aromatic N) is 1. The second-order valence-corrected chi connectivity index (χ2v) is 4.94. The van der Waals surface area contributed by atoms with Crippen molar-refractivity contribution in [1.82, 2.24) is 10.2 Å². The fourth-order valence-electron chi connectivity index (χ4n) is 2.00. The Morgan fingerprint density at radius 2 is 2.40 bits per heavy atom. The first-order valence-electron chi connectivity index (χ1n) is 5.27. The highest BCUT2D eigenvalue weighted by Crippen LogP contribution is 2.21. The van der Waals surface area contributed by atoms with E-state index in [1.165, 1.54) is 0 Å². The van der Waals surface area contributed by atoms with E-state index in [1.54, 1.807) is 11.8 Å². The maximum Gasteiger partial charge on any atom is 0.240 e.